The van der Waals surface area contributed by atoms with Crippen molar-refractivity contribution in [2.45, 2.75) is 44.3 Å². The van der Waals surface area contributed by atoms with Crippen molar-refractivity contribution < 1.29 is 18.3 Å². The second kappa shape index (κ2) is 6.12. The number of hydrogen-bond donors (Lipinski definition) is 0. The first-order chi connectivity index (χ1) is 10.5. The number of amides is 1. The maximum absolute atomic E-state index is 13.1. The van der Waals surface area contributed by atoms with Crippen molar-refractivity contribution in [2.24, 2.45) is 7.05 Å². The number of alkyl halides is 2. The largest absolute Gasteiger partial charge is 0.376 e. The van der Waals surface area contributed by atoms with Gasteiger partial charge in [-0.05, 0) is 25.7 Å². The predicted molar refractivity (Wildman–Crippen MR) is 76.2 cm³/mol. The van der Waals surface area contributed by atoms with E-state index in [1.807, 2.05) is 0 Å². The lowest BCUT2D eigenvalue weighted by Crippen LogP contribution is -2.39. The van der Waals surface area contributed by atoms with Crippen molar-refractivity contribution in [2.75, 3.05) is 13.2 Å². The van der Waals surface area contributed by atoms with Crippen molar-refractivity contribution >= 4 is 17.5 Å². The normalized spacial score (nSPS) is 21.6. The molecule has 8 heteroatoms. The molecule has 3 rings (SSSR count). The van der Waals surface area contributed by atoms with Gasteiger partial charge in [0.25, 0.3) is 12.3 Å². The third-order valence-electron chi connectivity index (χ3n) is 4.10. The van der Waals surface area contributed by atoms with Gasteiger partial charge in [-0.15, -0.1) is 0 Å². The molecule has 1 amide bonds. The molecule has 0 N–H and O–H groups in total. The first kappa shape index (κ1) is 15.7. The quantitative estimate of drug-likeness (QED) is 0.832. The number of ether oxygens (including phenoxy) is 1. The summed E-state index contributed by atoms with van der Waals surface area (Å²) in [5, 5.41) is 3.64. The Morgan fingerprint density at radius 2 is 2.23 bits per heavy atom. The molecule has 122 valence electrons. The molecule has 1 saturated carbocycles. The molecule has 0 spiro atoms. The van der Waals surface area contributed by atoms with Gasteiger partial charge in [-0.2, -0.15) is 5.10 Å². The monoisotopic (exact) mass is 333 g/mol. The summed E-state index contributed by atoms with van der Waals surface area (Å²) in [6.45, 7) is 1.12. The van der Waals surface area contributed by atoms with E-state index >= 15 is 0 Å². The summed E-state index contributed by atoms with van der Waals surface area (Å²) in [5.41, 5.74) is -0.723. The molecule has 1 aromatic heterocycles. The van der Waals surface area contributed by atoms with Gasteiger partial charge < -0.3 is 9.64 Å². The molecule has 1 aliphatic carbocycles. The van der Waals surface area contributed by atoms with Crippen LogP contribution in [0.15, 0.2) is 0 Å². The van der Waals surface area contributed by atoms with Gasteiger partial charge in [0.1, 0.15) is 16.4 Å². The first-order valence-electron chi connectivity index (χ1n) is 7.42. The van der Waals surface area contributed by atoms with Crippen LogP contribution in [0.1, 0.15) is 48.2 Å². The van der Waals surface area contributed by atoms with Crippen LogP contribution in [-0.4, -0.2) is 45.9 Å². The van der Waals surface area contributed by atoms with Crippen LogP contribution in [0, 0.1) is 0 Å². The van der Waals surface area contributed by atoms with E-state index in [0.29, 0.717) is 13.2 Å². The van der Waals surface area contributed by atoms with Crippen LogP contribution in [0.25, 0.3) is 0 Å². The van der Waals surface area contributed by atoms with Crippen LogP contribution in [0.4, 0.5) is 8.78 Å². The van der Waals surface area contributed by atoms with Gasteiger partial charge in [-0.25, -0.2) is 8.78 Å². The number of aryl methyl sites for hydroxylation is 1. The molecule has 0 aromatic carbocycles. The number of carbonyl (C=O) groups excluding carboxylic acids is 1. The van der Waals surface area contributed by atoms with Crippen LogP contribution >= 0.6 is 11.6 Å². The topological polar surface area (TPSA) is 47.4 Å². The maximum atomic E-state index is 13.1. The molecule has 2 fully saturated rings. The van der Waals surface area contributed by atoms with Crippen molar-refractivity contribution in [3.8, 4) is 0 Å². The Labute approximate surface area is 132 Å². The third kappa shape index (κ3) is 2.96. The van der Waals surface area contributed by atoms with Crippen molar-refractivity contribution in [3.63, 3.8) is 0 Å². The lowest BCUT2D eigenvalue weighted by Gasteiger charge is -2.25. The highest BCUT2D eigenvalue weighted by Gasteiger charge is 2.39. The standard InChI is InChI=1S/C14H18ClF2N3O2/c1-19-12(15)10(11(18-19)13(16)17)14(21)20(8-4-5-8)7-9-3-2-6-22-9/h8-9,13H,2-7H2,1H3. The summed E-state index contributed by atoms with van der Waals surface area (Å²) in [6, 6.07) is 0.0958. The van der Waals surface area contributed by atoms with Crippen LogP contribution in [0.3, 0.4) is 0 Å². The van der Waals surface area contributed by atoms with Gasteiger partial charge in [0.15, 0.2) is 0 Å². The number of nitrogens with zero attached hydrogens (tertiary/aromatic N) is 3. The van der Waals surface area contributed by atoms with E-state index in [2.05, 4.69) is 5.10 Å². The first-order valence-corrected chi connectivity index (χ1v) is 7.80. The Kier molecular flexibility index (Phi) is 4.36. The number of rotatable bonds is 5. The molecule has 22 heavy (non-hydrogen) atoms. The molecule has 2 aliphatic rings. The summed E-state index contributed by atoms with van der Waals surface area (Å²) in [6.07, 6.45) is 0.781. The molecule has 1 aromatic rings. The Morgan fingerprint density at radius 3 is 2.77 bits per heavy atom. The number of aromatic nitrogens is 2. The highest BCUT2D eigenvalue weighted by Crippen LogP contribution is 2.34. The zero-order chi connectivity index (χ0) is 15.9. The van der Waals surface area contributed by atoms with E-state index < -0.39 is 18.0 Å². The molecule has 1 atom stereocenters. The minimum atomic E-state index is -2.83. The lowest BCUT2D eigenvalue weighted by atomic mass is 10.1. The van der Waals surface area contributed by atoms with Crippen molar-refractivity contribution in [3.05, 3.63) is 16.4 Å². The maximum Gasteiger partial charge on any atom is 0.283 e. The van der Waals surface area contributed by atoms with Gasteiger partial charge in [-0.3, -0.25) is 9.48 Å². The molecular formula is C14H18ClF2N3O2. The summed E-state index contributed by atoms with van der Waals surface area (Å²) in [4.78, 5) is 14.4. The third-order valence-corrected chi connectivity index (χ3v) is 4.53. The smallest absolute Gasteiger partial charge is 0.283 e. The minimum absolute atomic E-state index is 0.0185. The van der Waals surface area contributed by atoms with Crippen LogP contribution < -0.4 is 0 Å². The summed E-state index contributed by atoms with van der Waals surface area (Å²) < 4.78 is 33.0. The summed E-state index contributed by atoms with van der Waals surface area (Å²) in [7, 11) is 1.45. The summed E-state index contributed by atoms with van der Waals surface area (Å²) in [5.74, 6) is -0.466. The van der Waals surface area contributed by atoms with Gasteiger partial charge >= 0.3 is 0 Å². The molecule has 0 radical (unpaired) electrons. The Balaban J connectivity index is 1.86. The van der Waals surface area contributed by atoms with Crippen LogP contribution in [0.5, 0.6) is 0 Å². The highest BCUT2D eigenvalue weighted by molar-refractivity contribution is 6.33. The Morgan fingerprint density at radius 1 is 1.50 bits per heavy atom. The van der Waals surface area contributed by atoms with Gasteiger partial charge in [0, 0.05) is 26.2 Å². The van der Waals surface area contributed by atoms with Gasteiger partial charge in [0.2, 0.25) is 0 Å². The van der Waals surface area contributed by atoms with E-state index in [9.17, 15) is 13.6 Å². The van der Waals surface area contributed by atoms with Gasteiger partial charge in [-0.1, -0.05) is 11.6 Å². The van der Waals surface area contributed by atoms with Crippen LogP contribution in [0.2, 0.25) is 5.15 Å². The number of halogens is 3. The minimum Gasteiger partial charge on any atom is -0.376 e. The fraction of sp³-hybridized carbons (Fsp3) is 0.714. The average Bonchev–Trinajstić information content (AvgIpc) is 3.10. The zero-order valence-electron chi connectivity index (χ0n) is 12.3. The van der Waals surface area contributed by atoms with Gasteiger partial charge in [0.05, 0.1) is 6.10 Å². The fourth-order valence-electron chi connectivity index (χ4n) is 2.81. The van der Waals surface area contributed by atoms with E-state index in [1.54, 1.807) is 4.90 Å². The fourth-order valence-corrected chi connectivity index (χ4v) is 3.02. The molecule has 5 nitrogen and oxygen atoms in total. The SMILES string of the molecule is Cn1nc(C(F)F)c(C(=O)N(CC2CCCO2)C2CC2)c1Cl. The number of hydrogen-bond acceptors (Lipinski definition) is 3. The van der Waals surface area contributed by atoms with E-state index in [1.165, 1.54) is 7.05 Å². The molecule has 2 heterocycles. The Bertz CT molecular complexity index is 569. The van der Waals surface area contributed by atoms with Crippen LogP contribution in [-0.2, 0) is 11.8 Å². The second-order valence-corrected chi connectivity index (χ2v) is 6.16. The van der Waals surface area contributed by atoms with E-state index in [4.69, 9.17) is 16.3 Å². The molecule has 0 bridgehead atoms. The van der Waals surface area contributed by atoms with E-state index in [0.717, 1.165) is 30.4 Å². The molecule has 1 unspecified atom stereocenters. The Hall–Kier alpha value is -1.21. The highest BCUT2D eigenvalue weighted by atomic mass is 35.5. The molecule has 1 aliphatic heterocycles. The zero-order valence-corrected chi connectivity index (χ0v) is 13.0. The van der Waals surface area contributed by atoms with Crippen molar-refractivity contribution in [1.82, 2.24) is 14.7 Å². The van der Waals surface area contributed by atoms with Crippen molar-refractivity contribution in [1.29, 1.82) is 0 Å². The predicted octanol–water partition coefficient (Wildman–Crippen LogP) is 2.79. The molecular weight excluding hydrogens is 316 g/mol. The molecule has 1 saturated heterocycles. The summed E-state index contributed by atoms with van der Waals surface area (Å²) >= 11 is 6.03. The average molecular weight is 334 g/mol. The second-order valence-electron chi connectivity index (χ2n) is 5.80. The van der Waals surface area contributed by atoms with E-state index in [-0.39, 0.29) is 22.9 Å². The number of carbonyl (C=O) groups is 1. The lowest BCUT2D eigenvalue weighted by molar-refractivity contribution is 0.0500.